The molecule has 1 unspecified atom stereocenters. The number of nitrogens with zero attached hydrogens (tertiary/aromatic N) is 1. The maximum Gasteiger partial charge on any atom is 0.251 e. The Kier molecular flexibility index (Phi) is 8.44. The van der Waals surface area contributed by atoms with E-state index in [4.69, 9.17) is 4.74 Å². The Hall–Kier alpha value is -2.41. The minimum absolute atomic E-state index is 0.00702. The lowest BCUT2D eigenvalue weighted by molar-refractivity contribution is -0.130. The van der Waals surface area contributed by atoms with E-state index in [-0.39, 0.29) is 23.6 Å². The lowest BCUT2D eigenvalue weighted by atomic mass is 9.88. The Balaban J connectivity index is 2.05. The molecule has 1 aromatic rings. The summed E-state index contributed by atoms with van der Waals surface area (Å²) in [7, 11) is 1.62. The minimum atomic E-state index is -0.620. The number of hydrogen-bond acceptors (Lipinski definition) is 4. The summed E-state index contributed by atoms with van der Waals surface area (Å²) in [6, 6.07) is 6.65. The van der Waals surface area contributed by atoms with Crippen molar-refractivity contribution in [1.29, 1.82) is 0 Å². The molecule has 0 aliphatic carbocycles. The first kappa shape index (κ1) is 21.9. The average Bonchev–Trinajstić information content (AvgIpc) is 2.69. The van der Waals surface area contributed by atoms with Crippen LogP contribution in [0.15, 0.2) is 24.3 Å². The molecule has 1 heterocycles. The molecule has 0 spiro atoms. The van der Waals surface area contributed by atoms with Crippen LogP contribution in [0, 0.1) is 12.8 Å². The third-order valence-corrected chi connectivity index (χ3v) is 5.16. The van der Waals surface area contributed by atoms with E-state index in [2.05, 4.69) is 10.6 Å². The molecular formula is C21H31N3O4. The van der Waals surface area contributed by atoms with Crippen molar-refractivity contribution in [3.63, 3.8) is 0 Å². The van der Waals surface area contributed by atoms with Crippen LogP contribution in [0.2, 0.25) is 0 Å². The molecule has 0 aromatic heterocycles. The van der Waals surface area contributed by atoms with E-state index in [1.165, 1.54) is 0 Å². The smallest absolute Gasteiger partial charge is 0.251 e. The maximum atomic E-state index is 12.8. The van der Waals surface area contributed by atoms with Crippen LogP contribution in [0.5, 0.6) is 0 Å². The quantitative estimate of drug-likeness (QED) is 0.660. The van der Waals surface area contributed by atoms with Crippen molar-refractivity contribution in [1.82, 2.24) is 15.5 Å². The van der Waals surface area contributed by atoms with Gasteiger partial charge in [0.25, 0.3) is 5.91 Å². The van der Waals surface area contributed by atoms with Crippen LogP contribution in [0.4, 0.5) is 0 Å². The fraction of sp³-hybridized carbons (Fsp3) is 0.571. The van der Waals surface area contributed by atoms with Gasteiger partial charge in [0, 0.05) is 45.8 Å². The second-order valence-electron chi connectivity index (χ2n) is 7.30. The molecule has 3 amide bonds. The predicted octanol–water partition coefficient (Wildman–Crippen LogP) is 1.50. The molecule has 1 aliphatic heterocycles. The number of likely N-dealkylation sites (tertiary alicyclic amines) is 1. The van der Waals surface area contributed by atoms with E-state index in [0.717, 1.165) is 5.56 Å². The number of carbonyl (C=O) groups excluding carboxylic acids is 3. The highest BCUT2D eigenvalue weighted by atomic mass is 16.5. The Morgan fingerprint density at radius 1 is 1.18 bits per heavy atom. The van der Waals surface area contributed by atoms with E-state index in [1.54, 1.807) is 31.1 Å². The highest BCUT2D eigenvalue weighted by molar-refractivity contribution is 5.97. The molecule has 2 N–H and O–H groups in total. The molecule has 154 valence electrons. The summed E-state index contributed by atoms with van der Waals surface area (Å²) in [6.07, 6.45) is 2.08. The van der Waals surface area contributed by atoms with Crippen molar-refractivity contribution in [2.75, 3.05) is 33.4 Å². The first-order valence-corrected chi connectivity index (χ1v) is 9.82. The number of ether oxygens (including phenoxy) is 1. The zero-order valence-electron chi connectivity index (χ0n) is 17.0. The fourth-order valence-electron chi connectivity index (χ4n) is 3.41. The summed E-state index contributed by atoms with van der Waals surface area (Å²) < 4.78 is 5.01. The number of rotatable bonds is 8. The van der Waals surface area contributed by atoms with Crippen molar-refractivity contribution < 1.29 is 19.1 Å². The van der Waals surface area contributed by atoms with Gasteiger partial charge in [0.2, 0.25) is 11.8 Å². The molecule has 1 fully saturated rings. The monoisotopic (exact) mass is 389 g/mol. The van der Waals surface area contributed by atoms with Crippen molar-refractivity contribution in [3.05, 3.63) is 35.4 Å². The van der Waals surface area contributed by atoms with E-state index in [0.29, 0.717) is 51.1 Å². The largest absolute Gasteiger partial charge is 0.385 e. The number of amides is 3. The zero-order chi connectivity index (χ0) is 20.5. The molecule has 0 saturated carbocycles. The predicted molar refractivity (Wildman–Crippen MR) is 107 cm³/mol. The van der Waals surface area contributed by atoms with Gasteiger partial charge in [-0.2, -0.15) is 0 Å². The zero-order valence-corrected chi connectivity index (χ0v) is 17.0. The minimum Gasteiger partial charge on any atom is -0.385 e. The molecule has 2 rings (SSSR count). The van der Waals surface area contributed by atoms with Crippen LogP contribution in [0.3, 0.4) is 0 Å². The van der Waals surface area contributed by atoms with Crippen molar-refractivity contribution in [3.8, 4) is 0 Å². The van der Waals surface area contributed by atoms with E-state index in [9.17, 15) is 14.4 Å². The molecule has 0 bridgehead atoms. The van der Waals surface area contributed by atoms with E-state index >= 15 is 0 Å². The number of nitrogens with one attached hydrogen (secondary N) is 2. The second-order valence-corrected chi connectivity index (χ2v) is 7.30. The number of carbonyl (C=O) groups is 3. The van der Waals surface area contributed by atoms with Crippen molar-refractivity contribution >= 4 is 17.7 Å². The van der Waals surface area contributed by atoms with Crippen LogP contribution in [-0.4, -0.2) is 62.0 Å². The standard InChI is InChI=1S/C21H31N3O4/c1-15-5-7-18(8-6-15)20(26)23-19(21(27)22-11-4-14-28-3)17-9-12-24(13-10-17)16(2)25/h5-8,17,19H,4,9-14H2,1-3H3,(H,22,27)(H,23,26). The third-order valence-electron chi connectivity index (χ3n) is 5.16. The molecule has 7 nitrogen and oxygen atoms in total. The summed E-state index contributed by atoms with van der Waals surface area (Å²) in [5, 5.41) is 5.82. The number of aryl methyl sites for hydroxylation is 1. The van der Waals surface area contributed by atoms with Crippen LogP contribution >= 0.6 is 0 Å². The van der Waals surface area contributed by atoms with Crippen LogP contribution in [0.1, 0.15) is 42.1 Å². The Morgan fingerprint density at radius 2 is 1.82 bits per heavy atom. The van der Waals surface area contributed by atoms with Gasteiger partial charge in [-0.15, -0.1) is 0 Å². The topological polar surface area (TPSA) is 87.7 Å². The van der Waals surface area contributed by atoms with Gasteiger partial charge in [0.15, 0.2) is 0 Å². The normalized spacial score (nSPS) is 15.8. The van der Waals surface area contributed by atoms with Crippen LogP contribution in [-0.2, 0) is 14.3 Å². The van der Waals surface area contributed by atoms with Gasteiger partial charge in [0.05, 0.1) is 0 Å². The Bertz CT molecular complexity index is 667. The van der Waals surface area contributed by atoms with Gasteiger partial charge in [-0.05, 0) is 44.2 Å². The van der Waals surface area contributed by atoms with Gasteiger partial charge in [-0.1, -0.05) is 17.7 Å². The molecule has 1 atom stereocenters. The van der Waals surface area contributed by atoms with Crippen LogP contribution < -0.4 is 10.6 Å². The van der Waals surface area contributed by atoms with Crippen LogP contribution in [0.25, 0.3) is 0 Å². The number of methoxy groups -OCH3 is 1. The first-order chi connectivity index (χ1) is 13.4. The highest BCUT2D eigenvalue weighted by Crippen LogP contribution is 2.21. The third kappa shape index (κ3) is 6.34. The molecular weight excluding hydrogens is 358 g/mol. The molecule has 1 saturated heterocycles. The second kappa shape index (κ2) is 10.8. The Morgan fingerprint density at radius 3 is 2.39 bits per heavy atom. The molecule has 7 heteroatoms. The summed E-state index contributed by atoms with van der Waals surface area (Å²) in [6.45, 7) is 5.79. The molecule has 28 heavy (non-hydrogen) atoms. The van der Waals surface area contributed by atoms with Gasteiger partial charge < -0.3 is 20.3 Å². The van der Waals surface area contributed by atoms with Gasteiger partial charge in [-0.3, -0.25) is 14.4 Å². The molecule has 1 aromatic carbocycles. The number of benzene rings is 1. The van der Waals surface area contributed by atoms with E-state index < -0.39 is 6.04 Å². The summed E-state index contributed by atoms with van der Waals surface area (Å²) >= 11 is 0. The highest BCUT2D eigenvalue weighted by Gasteiger charge is 2.33. The lowest BCUT2D eigenvalue weighted by Crippen LogP contribution is -2.53. The fourth-order valence-corrected chi connectivity index (χ4v) is 3.41. The summed E-state index contributed by atoms with van der Waals surface area (Å²) in [5.74, 6) is -0.404. The van der Waals surface area contributed by atoms with Gasteiger partial charge in [0.1, 0.15) is 6.04 Å². The van der Waals surface area contributed by atoms with Gasteiger partial charge >= 0.3 is 0 Å². The Labute approximate surface area is 166 Å². The molecule has 0 radical (unpaired) electrons. The summed E-state index contributed by atoms with van der Waals surface area (Å²) in [4.78, 5) is 38.8. The molecule has 1 aliphatic rings. The maximum absolute atomic E-state index is 12.8. The lowest BCUT2D eigenvalue weighted by Gasteiger charge is -2.35. The number of piperidine rings is 1. The first-order valence-electron chi connectivity index (χ1n) is 9.82. The van der Waals surface area contributed by atoms with E-state index in [1.807, 2.05) is 19.1 Å². The summed E-state index contributed by atoms with van der Waals surface area (Å²) in [5.41, 5.74) is 1.60. The van der Waals surface area contributed by atoms with Gasteiger partial charge in [-0.25, -0.2) is 0 Å². The van der Waals surface area contributed by atoms with Crippen molar-refractivity contribution in [2.45, 2.75) is 39.2 Å². The van der Waals surface area contributed by atoms with Crippen molar-refractivity contribution in [2.24, 2.45) is 5.92 Å². The SMILES string of the molecule is COCCCNC(=O)C(NC(=O)c1ccc(C)cc1)C1CCN(C(C)=O)CC1. The average molecular weight is 389 g/mol. The number of hydrogen-bond donors (Lipinski definition) is 2.